The van der Waals surface area contributed by atoms with Gasteiger partial charge in [-0.25, -0.2) is 0 Å². The highest BCUT2D eigenvalue weighted by Gasteiger charge is 2.39. The van der Waals surface area contributed by atoms with Crippen molar-refractivity contribution in [2.45, 2.75) is 37.3 Å². The molecule has 0 bridgehead atoms. The fraction of sp³-hybridized carbons (Fsp3) is 0.917. The lowest BCUT2D eigenvalue weighted by Gasteiger charge is -2.49. The van der Waals surface area contributed by atoms with Gasteiger partial charge >= 0.3 is 5.97 Å². The van der Waals surface area contributed by atoms with Crippen molar-refractivity contribution in [1.82, 2.24) is 9.80 Å². The molecule has 0 aromatic carbocycles. The Balaban J connectivity index is 2.33. The summed E-state index contributed by atoms with van der Waals surface area (Å²) in [6.45, 7) is 1.73. The summed E-state index contributed by atoms with van der Waals surface area (Å²) in [5.41, 5.74) is 5.79. The summed E-state index contributed by atoms with van der Waals surface area (Å²) in [4.78, 5) is 15.1. The number of carbonyl (C=O) groups is 1. The summed E-state index contributed by atoms with van der Waals surface area (Å²) in [5.74, 6) is -0.913. The van der Waals surface area contributed by atoms with Gasteiger partial charge in [-0.05, 0) is 53.4 Å². The van der Waals surface area contributed by atoms with Gasteiger partial charge in [0.15, 0.2) is 0 Å². The van der Waals surface area contributed by atoms with Crippen molar-refractivity contribution < 1.29 is 9.90 Å². The zero-order valence-corrected chi connectivity index (χ0v) is 11.1. The molecular formula is C12H25N3O2. The first kappa shape index (κ1) is 14.4. The molecule has 0 aromatic rings. The van der Waals surface area contributed by atoms with Crippen molar-refractivity contribution in [2.24, 2.45) is 5.73 Å². The average Bonchev–Trinajstić information content (AvgIpc) is 2.19. The SMILES string of the molecule is CN(CCC(N)C(=O)O)CC1(N(C)C)CCC1. The van der Waals surface area contributed by atoms with E-state index in [2.05, 4.69) is 23.9 Å². The van der Waals surface area contributed by atoms with E-state index in [1.54, 1.807) is 0 Å². The normalized spacial score (nSPS) is 20.4. The van der Waals surface area contributed by atoms with Crippen LogP contribution in [0.5, 0.6) is 0 Å². The van der Waals surface area contributed by atoms with Gasteiger partial charge in [0.2, 0.25) is 0 Å². The molecule has 17 heavy (non-hydrogen) atoms. The maximum Gasteiger partial charge on any atom is 0.320 e. The molecule has 5 heteroatoms. The Morgan fingerprint density at radius 3 is 2.35 bits per heavy atom. The number of hydrogen-bond acceptors (Lipinski definition) is 4. The Bertz CT molecular complexity index is 264. The molecule has 1 fully saturated rings. The number of nitrogens with zero attached hydrogens (tertiary/aromatic N) is 2. The van der Waals surface area contributed by atoms with E-state index in [0.717, 1.165) is 13.1 Å². The topological polar surface area (TPSA) is 69.8 Å². The predicted octanol–water partition coefficient (Wildman–Crippen LogP) is 0.205. The van der Waals surface area contributed by atoms with E-state index < -0.39 is 12.0 Å². The van der Waals surface area contributed by atoms with E-state index in [4.69, 9.17) is 10.8 Å². The van der Waals surface area contributed by atoms with E-state index in [9.17, 15) is 4.79 Å². The molecule has 5 nitrogen and oxygen atoms in total. The van der Waals surface area contributed by atoms with Crippen molar-refractivity contribution >= 4 is 5.97 Å². The molecule has 0 spiro atoms. The molecule has 1 atom stereocenters. The third-order valence-electron chi connectivity index (χ3n) is 3.94. The second kappa shape index (κ2) is 5.80. The smallest absolute Gasteiger partial charge is 0.320 e. The Labute approximate surface area is 104 Å². The standard InChI is InChI=1S/C12H25N3O2/c1-14(2)12(6-4-7-12)9-15(3)8-5-10(13)11(16)17/h10H,4-9,13H2,1-3H3,(H,16,17). The van der Waals surface area contributed by atoms with Gasteiger partial charge in [0.25, 0.3) is 0 Å². The van der Waals surface area contributed by atoms with Crippen LogP contribution in [0.3, 0.4) is 0 Å². The number of rotatable bonds is 7. The highest BCUT2D eigenvalue weighted by Crippen LogP contribution is 2.36. The van der Waals surface area contributed by atoms with Crippen molar-refractivity contribution in [3.63, 3.8) is 0 Å². The van der Waals surface area contributed by atoms with Crippen LogP contribution in [0.2, 0.25) is 0 Å². The first-order valence-electron chi connectivity index (χ1n) is 6.22. The molecule has 0 heterocycles. The maximum atomic E-state index is 10.6. The third kappa shape index (κ3) is 3.66. The van der Waals surface area contributed by atoms with Gasteiger partial charge in [0.05, 0.1) is 0 Å². The monoisotopic (exact) mass is 243 g/mol. The molecule has 0 aliphatic heterocycles. The summed E-state index contributed by atoms with van der Waals surface area (Å²) in [6, 6.07) is -0.742. The minimum Gasteiger partial charge on any atom is -0.480 e. The van der Waals surface area contributed by atoms with E-state index >= 15 is 0 Å². The van der Waals surface area contributed by atoms with Crippen molar-refractivity contribution in [2.75, 3.05) is 34.2 Å². The lowest BCUT2D eigenvalue weighted by Crippen LogP contribution is -2.57. The number of nitrogens with two attached hydrogens (primary N) is 1. The van der Waals surface area contributed by atoms with Gasteiger partial charge in [-0.15, -0.1) is 0 Å². The van der Waals surface area contributed by atoms with Crippen molar-refractivity contribution in [1.29, 1.82) is 0 Å². The zero-order valence-electron chi connectivity index (χ0n) is 11.1. The minimum atomic E-state index is -0.913. The minimum absolute atomic E-state index is 0.294. The lowest BCUT2D eigenvalue weighted by atomic mass is 9.75. The summed E-state index contributed by atoms with van der Waals surface area (Å²) in [6.07, 6.45) is 4.26. The van der Waals surface area contributed by atoms with E-state index in [1.807, 2.05) is 7.05 Å². The molecule has 1 aliphatic rings. The maximum absolute atomic E-state index is 10.6. The molecule has 1 aliphatic carbocycles. The van der Waals surface area contributed by atoms with Crippen LogP contribution >= 0.6 is 0 Å². The molecule has 3 N–H and O–H groups in total. The fourth-order valence-corrected chi connectivity index (χ4v) is 2.40. The number of hydrogen-bond donors (Lipinski definition) is 2. The first-order valence-corrected chi connectivity index (χ1v) is 6.22. The van der Waals surface area contributed by atoms with Crippen LogP contribution in [-0.4, -0.2) is 66.7 Å². The predicted molar refractivity (Wildman–Crippen MR) is 68.0 cm³/mol. The molecule has 0 saturated heterocycles. The second-order valence-electron chi connectivity index (χ2n) is 5.44. The van der Waals surface area contributed by atoms with Gasteiger partial charge < -0.3 is 20.6 Å². The summed E-state index contributed by atoms with van der Waals surface area (Å²) >= 11 is 0. The Morgan fingerprint density at radius 1 is 1.41 bits per heavy atom. The van der Waals surface area contributed by atoms with Gasteiger partial charge in [-0.3, -0.25) is 4.79 Å². The number of aliphatic carboxylic acids is 1. The van der Waals surface area contributed by atoms with Gasteiger partial charge in [0.1, 0.15) is 6.04 Å². The largest absolute Gasteiger partial charge is 0.480 e. The Kier molecular flexibility index (Phi) is 4.91. The Morgan fingerprint density at radius 2 is 2.00 bits per heavy atom. The molecular weight excluding hydrogens is 218 g/mol. The molecule has 1 unspecified atom stereocenters. The van der Waals surface area contributed by atoms with E-state index in [1.165, 1.54) is 19.3 Å². The highest BCUT2D eigenvalue weighted by molar-refractivity contribution is 5.72. The first-order chi connectivity index (χ1) is 7.87. The molecule has 1 rings (SSSR count). The number of likely N-dealkylation sites (N-methyl/N-ethyl adjacent to an activating group) is 2. The summed E-state index contributed by atoms with van der Waals surface area (Å²) in [5, 5.41) is 8.72. The quantitative estimate of drug-likeness (QED) is 0.668. The highest BCUT2D eigenvalue weighted by atomic mass is 16.4. The van der Waals surface area contributed by atoms with Gasteiger partial charge in [-0.2, -0.15) is 0 Å². The fourth-order valence-electron chi connectivity index (χ4n) is 2.40. The van der Waals surface area contributed by atoms with Gasteiger partial charge in [0, 0.05) is 12.1 Å². The number of carboxylic acid groups (broad SMARTS) is 1. The van der Waals surface area contributed by atoms with Crippen LogP contribution in [-0.2, 0) is 4.79 Å². The molecule has 0 radical (unpaired) electrons. The van der Waals surface area contributed by atoms with Crippen molar-refractivity contribution in [3.8, 4) is 0 Å². The molecule has 100 valence electrons. The van der Waals surface area contributed by atoms with Crippen LogP contribution in [0, 0.1) is 0 Å². The van der Waals surface area contributed by atoms with E-state index in [0.29, 0.717) is 12.0 Å². The van der Waals surface area contributed by atoms with Crippen LogP contribution in [0.15, 0.2) is 0 Å². The van der Waals surface area contributed by atoms with Crippen molar-refractivity contribution in [3.05, 3.63) is 0 Å². The lowest BCUT2D eigenvalue weighted by molar-refractivity contribution is -0.138. The van der Waals surface area contributed by atoms with Crippen LogP contribution < -0.4 is 5.73 Å². The summed E-state index contributed by atoms with van der Waals surface area (Å²) in [7, 11) is 6.28. The van der Waals surface area contributed by atoms with Gasteiger partial charge in [-0.1, -0.05) is 0 Å². The average molecular weight is 243 g/mol. The Hall–Kier alpha value is -0.650. The molecule has 0 amide bonds. The van der Waals surface area contributed by atoms with E-state index in [-0.39, 0.29) is 0 Å². The summed E-state index contributed by atoms with van der Waals surface area (Å²) < 4.78 is 0. The molecule has 1 saturated carbocycles. The third-order valence-corrected chi connectivity index (χ3v) is 3.94. The van der Waals surface area contributed by atoms with Crippen LogP contribution in [0.4, 0.5) is 0 Å². The van der Waals surface area contributed by atoms with Crippen LogP contribution in [0.25, 0.3) is 0 Å². The number of carboxylic acids is 1. The molecule has 0 aromatic heterocycles. The zero-order chi connectivity index (χ0) is 13.1. The second-order valence-corrected chi connectivity index (χ2v) is 5.44. The van der Waals surface area contributed by atoms with Crippen LogP contribution in [0.1, 0.15) is 25.7 Å².